The van der Waals surface area contributed by atoms with Gasteiger partial charge in [0.2, 0.25) is 0 Å². The number of hydrogen-bond donors (Lipinski definition) is 2. The predicted octanol–water partition coefficient (Wildman–Crippen LogP) is 4.05. The first kappa shape index (κ1) is 20.0. The van der Waals surface area contributed by atoms with Gasteiger partial charge < -0.3 is 20.1 Å². The van der Waals surface area contributed by atoms with Crippen molar-refractivity contribution in [3.05, 3.63) is 59.4 Å². The summed E-state index contributed by atoms with van der Waals surface area (Å²) in [6.45, 7) is 3.20. The van der Waals surface area contributed by atoms with Gasteiger partial charge in [-0.1, -0.05) is 18.2 Å². The number of halogens is 1. The summed E-state index contributed by atoms with van der Waals surface area (Å²) in [5.41, 5.74) is 1.95. The van der Waals surface area contributed by atoms with Gasteiger partial charge in [0.05, 0.1) is 19.8 Å². The lowest BCUT2D eigenvalue weighted by atomic mass is 10.1. The molecule has 1 saturated carbocycles. The number of benzene rings is 2. The van der Waals surface area contributed by atoms with E-state index in [-0.39, 0.29) is 11.9 Å². The SMILES string of the molecule is CN=C(NCc1ccc(OC)cc1)NC(C)c1ccc(OCC2CC2)c(F)c1. The molecule has 2 N–H and O–H groups in total. The van der Waals surface area contributed by atoms with Gasteiger partial charge in [0.1, 0.15) is 5.75 Å². The molecule has 3 rings (SSSR count). The van der Waals surface area contributed by atoms with E-state index in [1.807, 2.05) is 37.3 Å². The zero-order valence-electron chi connectivity index (χ0n) is 16.7. The Morgan fingerprint density at radius 2 is 1.96 bits per heavy atom. The molecule has 1 aliphatic carbocycles. The third-order valence-corrected chi connectivity index (χ3v) is 4.82. The molecule has 0 amide bonds. The quantitative estimate of drug-likeness (QED) is 0.532. The fourth-order valence-corrected chi connectivity index (χ4v) is 2.81. The second kappa shape index (κ2) is 9.44. The lowest BCUT2D eigenvalue weighted by Crippen LogP contribution is -2.38. The summed E-state index contributed by atoms with van der Waals surface area (Å²) >= 11 is 0. The van der Waals surface area contributed by atoms with Crippen LogP contribution in [-0.4, -0.2) is 26.7 Å². The number of nitrogens with one attached hydrogen (secondary N) is 2. The van der Waals surface area contributed by atoms with Gasteiger partial charge in [-0.2, -0.15) is 0 Å². The number of ether oxygens (including phenoxy) is 2. The Hall–Kier alpha value is -2.76. The maximum Gasteiger partial charge on any atom is 0.191 e. The van der Waals surface area contributed by atoms with Gasteiger partial charge in [0.25, 0.3) is 0 Å². The number of hydrogen-bond acceptors (Lipinski definition) is 3. The largest absolute Gasteiger partial charge is 0.497 e. The van der Waals surface area contributed by atoms with Crippen LogP contribution in [0.4, 0.5) is 4.39 Å². The minimum absolute atomic E-state index is 0.103. The summed E-state index contributed by atoms with van der Waals surface area (Å²) < 4.78 is 25.1. The van der Waals surface area contributed by atoms with Crippen LogP contribution in [0.5, 0.6) is 11.5 Å². The van der Waals surface area contributed by atoms with Gasteiger partial charge in [-0.25, -0.2) is 4.39 Å². The van der Waals surface area contributed by atoms with Crippen LogP contribution >= 0.6 is 0 Å². The van der Waals surface area contributed by atoms with Crippen LogP contribution in [0.25, 0.3) is 0 Å². The van der Waals surface area contributed by atoms with Crippen LogP contribution in [0.1, 0.15) is 36.9 Å². The Labute approximate surface area is 166 Å². The molecule has 0 aromatic heterocycles. The molecule has 0 aliphatic heterocycles. The first-order valence-electron chi connectivity index (χ1n) is 9.61. The van der Waals surface area contributed by atoms with Crippen LogP contribution in [0.15, 0.2) is 47.5 Å². The normalized spacial score (nSPS) is 15.1. The summed E-state index contributed by atoms with van der Waals surface area (Å²) in [5, 5.41) is 6.56. The molecule has 6 heteroatoms. The van der Waals surface area contributed by atoms with Crippen LogP contribution in [0, 0.1) is 11.7 Å². The summed E-state index contributed by atoms with van der Waals surface area (Å²) in [5.74, 6) is 2.07. The fourth-order valence-electron chi connectivity index (χ4n) is 2.81. The molecular weight excluding hydrogens is 357 g/mol. The summed E-state index contributed by atoms with van der Waals surface area (Å²) in [7, 11) is 3.36. The molecular formula is C22H28FN3O2. The highest BCUT2D eigenvalue weighted by Crippen LogP contribution is 2.30. The Morgan fingerprint density at radius 3 is 2.57 bits per heavy atom. The Bertz CT molecular complexity index is 804. The van der Waals surface area contributed by atoms with Crippen LogP contribution < -0.4 is 20.1 Å². The first-order chi connectivity index (χ1) is 13.6. The van der Waals surface area contributed by atoms with Crippen molar-refractivity contribution >= 4 is 5.96 Å². The summed E-state index contributed by atoms with van der Waals surface area (Å²) in [6, 6.07) is 12.9. The standard InChI is InChI=1S/C22H28FN3O2/c1-15(18-8-11-21(20(23)12-18)28-14-17-4-5-17)26-22(24-2)25-13-16-6-9-19(27-3)10-7-16/h6-12,15,17H,4-5,13-14H2,1-3H3,(H2,24,25,26). The molecule has 1 aliphatic rings. The van der Waals surface area contributed by atoms with Crippen LogP contribution in [-0.2, 0) is 6.54 Å². The van der Waals surface area contributed by atoms with Crippen molar-refractivity contribution in [2.24, 2.45) is 10.9 Å². The third kappa shape index (κ3) is 5.62. The number of guanidine groups is 1. The van der Waals surface area contributed by atoms with Crippen molar-refractivity contribution < 1.29 is 13.9 Å². The molecule has 5 nitrogen and oxygen atoms in total. The predicted molar refractivity (Wildman–Crippen MR) is 109 cm³/mol. The Balaban J connectivity index is 1.53. The number of rotatable bonds is 8. The summed E-state index contributed by atoms with van der Waals surface area (Å²) in [4.78, 5) is 4.25. The van der Waals surface area contributed by atoms with Crippen molar-refractivity contribution in [1.82, 2.24) is 10.6 Å². The molecule has 0 spiro atoms. The monoisotopic (exact) mass is 385 g/mol. The molecule has 150 valence electrons. The lowest BCUT2D eigenvalue weighted by molar-refractivity contribution is 0.285. The molecule has 2 aromatic rings. The van der Waals surface area contributed by atoms with E-state index in [1.165, 1.54) is 18.9 Å². The van der Waals surface area contributed by atoms with E-state index in [9.17, 15) is 4.39 Å². The van der Waals surface area contributed by atoms with Crippen molar-refractivity contribution in [3.63, 3.8) is 0 Å². The minimum atomic E-state index is -0.326. The van der Waals surface area contributed by atoms with E-state index in [0.29, 0.717) is 30.8 Å². The van der Waals surface area contributed by atoms with E-state index in [2.05, 4.69) is 15.6 Å². The molecule has 28 heavy (non-hydrogen) atoms. The highest BCUT2D eigenvalue weighted by Gasteiger charge is 2.22. The maximum absolute atomic E-state index is 14.3. The maximum atomic E-state index is 14.3. The Kier molecular flexibility index (Phi) is 6.74. The smallest absolute Gasteiger partial charge is 0.191 e. The number of aliphatic imine (C=N–C) groups is 1. The second-order valence-corrected chi connectivity index (χ2v) is 7.08. The average Bonchev–Trinajstić information content (AvgIpc) is 3.54. The highest BCUT2D eigenvalue weighted by molar-refractivity contribution is 5.80. The van der Waals surface area contributed by atoms with Gasteiger partial charge in [-0.15, -0.1) is 0 Å². The number of methoxy groups -OCH3 is 1. The molecule has 2 aromatic carbocycles. The molecule has 1 atom stereocenters. The van der Waals surface area contributed by atoms with Gasteiger partial charge in [0.15, 0.2) is 17.5 Å². The zero-order chi connectivity index (χ0) is 19.9. The van der Waals surface area contributed by atoms with Gasteiger partial charge >= 0.3 is 0 Å². The van der Waals surface area contributed by atoms with E-state index >= 15 is 0 Å². The van der Waals surface area contributed by atoms with Crippen LogP contribution in [0.3, 0.4) is 0 Å². The molecule has 1 fully saturated rings. The Morgan fingerprint density at radius 1 is 1.21 bits per heavy atom. The number of nitrogens with zero attached hydrogens (tertiary/aromatic N) is 1. The zero-order valence-corrected chi connectivity index (χ0v) is 16.7. The van der Waals surface area contributed by atoms with Crippen molar-refractivity contribution in [2.45, 2.75) is 32.4 Å². The minimum Gasteiger partial charge on any atom is -0.497 e. The third-order valence-electron chi connectivity index (χ3n) is 4.82. The fraction of sp³-hybridized carbons (Fsp3) is 0.409. The lowest BCUT2D eigenvalue weighted by Gasteiger charge is -2.19. The van der Waals surface area contributed by atoms with Crippen molar-refractivity contribution in [1.29, 1.82) is 0 Å². The second-order valence-electron chi connectivity index (χ2n) is 7.08. The molecule has 0 heterocycles. The van der Waals surface area contributed by atoms with E-state index in [1.54, 1.807) is 20.2 Å². The van der Waals surface area contributed by atoms with Crippen molar-refractivity contribution in [2.75, 3.05) is 20.8 Å². The van der Waals surface area contributed by atoms with Gasteiger partial charge in [-0.3, -0.25) is 4.99 Å². The molecule has 1 unspecified atom stereocenters. The van der Waals surface area contributed by atoms with Gasteiger partial charge in [-0.05, 0) is 61.1 Å². The molecule has 0 bridgehead atoms. The van der Waals surface area contributed by atoms with E-state index < -0.39 is 0 Å². The summed E-state index contributed by atoms with van der Waals surface area (Å²) in [6.07, 6.45) is 2.37. The van der Waals surface area contributed by atoms with E-state index in [4.69, 9.17) is 9.47 Å². The highest BCUT2D eigenvalue weighted by atomic mass is 19.1. The van der Waals surface area contributed by atoms with Crippen LogP contribution in [0.2, 0.25) is 0 Å². The first-order valence-corrected chi connectivity index (χ1v) is 9.61. The molecule has 0 radical (unpaired) electrons. The topological polar surface area (TPSA) is 54.9 Å². The average molecular weight is 385 g/mol. The van der Waals surface area contributed by atoms with Crippen molar-refractivity contribution in [3.8, 4) is 11.5 Å². The van der Waals surface area contributed by atoms with E-state index in [0.717, 1.165) is 16.9 Å². The van der Waals surface area contributed by atoms with Gasteiger partial charge in [0, 0.05) is 13.6 Å². The molecule has 0 saturated heterocycles.